The van der Waals surface area contributed by atoms with Crippen LogP contribution in [0.4, 0.5) is 0 Å². The van der Waals surface area contributed by atoms with Gasteiger partial charge >= 0.3 is 0 Å². The van der Waals surface area contributed by atoms with Crippen LogP contribution in [0.15, 0.2) is 24.3 Å². The molecule has 2 nitrogen and oxygen atoms in total. The van der Waals surface area contributed by atoms with Gasteiger partial charge < -0.3 is 10.8 Å². The normalized spacial score (nSPS) is 11.9. The second-order valence-corrected chi connectivity index (χ2v) is 2.61. The van der Waals surface area contributed by atoms with Crippen LogP contribution in [0.1, 0.15) is 17.2 Å². The summed E-state index contributed by atoms with van der Waals surface area (Å²) in [6.07, 6.45) is -0.517. The van der Waals surface area contributed by atoms with Gasteiger partial charge in [-0.25, -0.2) is 0 Å². The average molecular weight is 188 g/mol. The van der Waals surface area contributed by atoms with Crippen LogP contribution >= 0.6 is 12.4 Å². The Morgan fingerprint density at radius 3 is 2.50 bits per heavy atom. The smallest absolute Gasteiger partial charge is 0.0914 e. The largest absolute Gasteiger partial charge is 0.387 e. The Bertz CT molecular complexity index is 240. The van der Waals surface area contributed by atoms with E-state index in [2.05, 4.69) is 0 Å². The Kier molecular flexibility index (Phi) is 4.90. The fourth-order valence-electron chi connectivity index (χ4n) is 1.09. The van der Waals surface area contributed by atoms with Crippen LogP contribution < -0.4 is 5.73 Å². The number of halogens is 1. The number of aliphatic hydroxyl groups is 1. The Balaban J connectivity index is 0.00000121. The zero-order valence-electron chi connectivity index (χ0n) is 7.03. The third-order valence-corrected chi connectivity index (χ3v) is 1.77. The molecule has 0 fully saturated rings. The van der Waals surface area contributed by atoms with Crippen molar-refractivity contribution in [1.29, 1.82) is 0 Å². The molecular formula is C9H14ClNO. The van der Waals surface area contributed by atoms with E-state index in [1.165, 1.54) is 0 Å². The molecule has 0 spiro atoms. The number of nitrogens with two attached hydrogens (primary N) is 1. The molecule has 0 amide bonds. The van der Waals surface area contributed by atoms with E-state index in [4.69, 9.17) is 5.73 Å². The highest BCUT2D eigenvalue weighted by Crippen LogP contribution is 2.15. The minimum Gasteiger partial charge on any atom is -0.387 e. The van der Waals surface area contributed by atoms with Crippen LogP contribution in [0.2, 0.25) is 0 Å². The molecule has 0 heterocycles. The zero-order chi connectivity index (χ0) is 8.27. The molecule has 0 saturated heterocycles. The highest BCUT2D eigenvalue weighted by atomic mass is 35.5. The third-order valence-electron chi connectivity index (χ3n) is 1.77. The van der Waals surface area contributed by atoms with E-state index in [0.29, 0.717) is 0 Å². The minimum atomic E-state index is -0.517. The molecule has 0 saturated carbocycles. The van der Waals surface area contributed by atoms with Gasteiger partial charge in [0.25, 0.3) is 0 Å². The summed E-state index contributed by atoms with van der Waals surface area (Å²) in [6, 6.07) is 7.71. The molecule has 0 radical (unpaired) electrons. The lowest BCUT2D eigenvalue weighted by Gasteiger charge is -2.10. The van der Waals surface area contributed by atoms with Crippen molar-refractivity contribution in [2.24, 2.45) is 5.73 Å². The number of hydrogen-bond donors (Lipinski definition) is 2. The topological polar surface area (TPSA) is 46.2 Å². The maximum absolute atomic E-state index is 9.39. The number of benzene rings is 1. The first-order chi connectivity index (χ1) is 5.25. The molecule has 1 rings (SSSR count). The monoisotopic (exact) mass is 187 g/mol. The molecule has 3 N–H and O–H groups in total. The van der Waals surface area contributed by atoms with E-state index in [0.717, 1.165) is 11.1 Å². The van der Waals surface area contributed by atoms with Gasteiger partial charge in [-0.15, -0.1) is 12.4 Å². The lowest BCUT2D eigenvalue weighted by atomic mass is 10.0. The van der Waals surface area contributed by atoms with E-state index in [1.807, 2.05) is 31.2 Å². The van der Waals surface area contributed by atoms with Gasteiger partial charge in [0.1, 0.15) is 0 Å². The fourth-order valence-corrected chi connectivity index (χ4v) is 1.09. The van der Waals surface area contributed by atoms with Crippen molar-refractivity contribution >= 4 is 12.4 Å². The van der Waals surface area contributed by atoms with E-state index < -0.39 is 6.10 Å². The summed E-state index contributed by atoms with van der Waals surface area (Å²) < 4.78 is 0. The first-order valence-corrected chi connectivity index (χ1v) is 3.69. The van der Waals surface area contributed by atoms with Crippen LogP contribution in [0, 0.1) is 6.92 Å². The zero-order valence-corrected chi connectivity index (χ0v) is 7.84. The molecule has 0 bridgehead atoms. The molecule has 1 aromatic rings. The van der Waals surface area contributed by atoms with Crippen molar-refractivity contribution < 1.29 is 5.11 Å². The van der Waals surface area contributed by atoms with E-state index in [-0.39, 0.29) is 19.0 Å². The summed E-state index contributed by atoms with van der Waals surface area (Å²) in [6.45, 7) is 2.25. The molecule has 68 valence electrons. The van der Waals surface area contributed by atoms with Crippen LogP contribution in [0.25, 0.3) is 0 Å². The summed E-state index contributed by atoms with van der Waals surface area (Å²) in [5.74, 6) is 0. The standard InChI is InChI=1S/C9H13NO.ClH/c1-7-4-2-3-5-8(7)9(11)6-10;/h2-5,9,11H,6,10H2,1H3;1H. The van der Waals surface area contributed by atoms with Crippen molar-refractivity contribution in [2.45, 2.75) is 13.0 Å². The van der Waals surface area contributed by atoms with Gasteiger partial charge in [-0.3, -0.25) is 0 Å². The van der Waals surface area contributed by atoms with Gasteiger partial charge in [0.2, 0.25) is 0 Å². The summed E-state index contributed by atoms with van der Waals surface area (Å²) >= 11 is 0. The predicted molar refractivity (Wildman–Crippen MR) is 52.4 cm³/mol. The first kappa shape index (κ1) is 11.4. The van der Waals surface area contributed by atoms with Gasteiger partial charge in [0.05, 0.1) is 6.10 Å². The molecule has 3 heteroatoms. The van der Waals surface area contributed by atoms with Crippen LogP contribution in [0.5, 0.6) is 0 Å². The predicted octanol–water partition coefficient (Wildman–Crippen LogP) is 1.41. The SMILES string of the molecule is Cc1ccccc1C(O)CN.Cl. The molecule has 12 heavy (non-hydrogen) atoms. The molecule has 0 aliphatic carbocycles. The second kappa shape index (κ2) is 5.14. The second-order valence-electron chi connectivity index (χ2n) is 2.61. The molecule has 1 atom stereocenters. The van der Waals surface area contributed by atoms with Crippen molar-refractivity contribution in [3.05, 3.63) is 35.4 Å². The van der Waals surface area contributed by atoms with Gasteiger partial charge in [-0.05, 0) is 18.1 Å². The number of rotatable bonds is 2. The Morgan fingerprint density at radius 1 is 1.42 bits per heavy atom. The quantitative estimate of drug-likeness (QED) is 0.736. The summed E-state index contributed by atoms with van der Waals surface area (Å²) in [7, 11) is 0. The number of aryl methyl sites for hydroxylation is 1. The Hall–Kier alpha value is -0.570. The van der Waals surface area contributed by atoms with Crippen molar-refractivity contribution in [1.82, 2.24) is 0 Å². The molecule has 0 aliphatic rings. The maximum Gasteiger partial charge on any atom is 0.0914 e. The van der Waals surface area contributed by atoms with Crippen molar-refractivity contribution in [3.63, 3.8) is 0 Å². The van der Waals surface area contributed by atoms with Gasteiger partial charge in [-0.2, -0.15) is 0 Å². The van der Waals surface area contributed by atoms with Gasteiger partial charge in [0, 0.05) is 6.54 Å². The van der Waals surface area contributed by atoms with Gasteiger partial charge in [-0.1, -0.05) is 24.3 Å². The fraction of sp³-hybridized carbons (Fsp3) is 0.333. The number of aliphatic hydroxyl groups excluding tert-OH is 1. The highest BCUT2D eigenvalue weighted by Gasteiger charge is 2.05. The van der Waals surface area contributed by atoms with Crippen molar-refractivity contribution in [2.75, 3.05) is 6.54 Å². The summed E-state index contributed by atoms with van der Waals surface area (Å²) in [5, 5.41) is 9.39. The van der Waals surface area contributed by atoms with Crippen LogP contribution in [0.3, 0.4) is 0 Å². The lowest BCUT2D eigenvalue weighted by molar-refractivity contribution is 0.186. The summed E-state index contributed by atoms with van der Waals surface area (Å²) in [5.41, 5.74) is 7.34. The molecule has 1 unspecified atom stereocenters. The molecular weight excluding hydrogens is 174 g/mol. The summed E-state index contributed by atoms with van der Waals surface area (Å²) in [4.78, 5) is 0. The molecule has 1 aromatic carbocycles. The van der Waals surface area contributed by atoms with Crippen molar-refractivity contribution in [3.8, 4) is 0 Å². The lowest BCUT2D eigenvalue weighted by Crippen LogP contribution is -2.12. The molecule has 0 aromatic heterocycles. The van der Waals surface area contributed by atoms with E-state index in [9.17, 15) is 5.11 Å². The van der Waals surface area contributed by atoms with Gasteiger partial charge in [0.15, 0.2) is 0 Å². The van der Waals surface area contributed by atoms with Crippen LogP contribution in [-0.4, -0.2) is 11.7 Å². The first-order valence-electron chi connectivity index (χ1n) is 3.69. The number of hydrogen-bond acceptors (Lipinski definition) is 2. The van der Waals surface area contributed by atoms with E-state index in [1.54, 1.807) is 0 Å². The third kappa shape index (κ3) is 2.48. The molecule has 0 aliphatic heterocycles. The minimum absolute atomic E-state index is 0. The Labute approximate surface area is 78.8 Å². The average Bonchev–Trinajstić information content (AvgIpc) is 2.04. The Morgan fingerprint density at radius 2 is 2.00 bits per heavy atom. The maximum atomic E-state index is 9.39. The van der Waals surface area contributed by atoms with Crippen LogP contribution in [-0.2, 0) is 0 Å². The van der Waals surface area contributed by atoms with E-state index >= 15 is 0 Å². The highest BCUT2D eigenvalue weighted by molar-refractivity contribution is 5.85.